The third kappa shape index (κ3) is 3.17. The summed E-state index contributed by atoms with van der Waals surface area (Å²) in [6.07, 6.45) is -2.97. The van der Waals surface area contributed by atoms with Gasteiger partial charge in [0.1, 0.15) is 17.3 Å². The number of alkyl halides is 3. The Kier molecular flexibility index (Phi) is 3.90. The first-order chi connectivity index (χ1) is 11.2. The first-order valence-electron chi connectivity index (χ1n) is 7.19. The zero-order chi connectivity index (χ0) is 17.5. The average molecular weight is 340 g/mol. The van der Waals surface area contributed by atoms with Crippen LogP contribution < -0.4 is 15.4 Å². The fourth-order valence-electron chi connectivity index (χ4n) is 2.51. The van der Waals surface area contributed by atoms with Gasteiger partial charge in [0.05, 0.1) is 17.9 Å². The molecule has 1 N–H and O–H groups in total. The summed E-state index contributed by atoms with van der Waals surface area (Å²) < 4.78 is 38.6. The van der Waals surface area contributed by atoms with Gasteiger partial charge in [-0.3, -0.25) is 4.79 Å². The number of nitrogens with zero attached hydrogens (tertiary/aromatic N) is 5. The van der Waals surface area contributed by atoms with E-state index in [1.807, 2.05) is 4.90 Å². The topological polar surface area (TPSA) is 78.0 Å². The van der Waals surface area contributed by atoms with Gasteiger partial charge in [0.15, 0.2) is 0 Å². The van der Waals surface area contributed by atoms with Crippen LogP contribution in [0.4, 0.5) is 24.7 Å². The minimum absolute atomic E-state index is 0.0142. The molecule has 0 unspecified atom stereocenters. The second-order valence-electron chi connectivity index (χ2n) is 5.63. The van der Waals surface area contributed by atoms with Crippen LogP contribution in [0.25, 0.3) is 0 Å². The van der Waals surface area contributed by atoms with Crippen LogP contribution in [0.5, 0.6) is 0 Å². The first-order valence-corrected chi connectivity index (χ1v) is 7.19. The molecular formula is C14H15F3N6O. The van der Waals surface area contributed by atoms with Gasteiger partial charge in [-0.2, -0.15) is 18.3 Å². The molecule has 2 aromatic rings. The van der Waals surface area contributed by atoms with Gasteiger partial charge in [-0.15, -0.1) is 0 Å². The predicted molar refractivity (Wildman–Crippen MR) is 81.0 cm³/mol. The van der Waals surface area contributed by atoms with Crippen molar-refractivity contribution >= 4 is 11.5 Å². The Morgan fingerprint density at radius 3 is 2.62 bits per heavy atom. The maximum Gasteiger partial charge on any atom is 0.433 e. The molecule has 0 saturated carbocycles. The number of nitrogens with one attached hydrogen (secondary N) is 1. The predicted octanol–water partition coefficient (Wildman–Crippen LogP) is 1.21. The number of halogens is 3. The molecular weight excluding hydrogens is 325 g/mol. The van der Waals surface area contributed by atoms with Gasteiger partial charge in [0.25, 0.3) is 5.56 Å². The summed E-state index contributed by atoms with van der Waals surface area (Å²) in [7, 11) is 1.69. The highest BCUT2D eigenvalue weighted by molar-refractivity contribution is 5.50. The summed E-state index contributed by atoms with van der Waals surface area (Å²) >= 11 is 0. The molecule has 0 radical (unpaired) electrons. The van der Waals surface area contributed by atoms with Crippen LogP contribution in [0.1, 0.15) is 11.5 Å². The number of hydrogen-bond acceptors (Lipinski definition) is 6. The Labute approximate surface area is 135 Å². The van der Waals surface area contributed by atoms with Crippen LogP contribution in [0.2, 0.25) is 0 Å². The van der Waals surface area contributed by atoms with E-state index < -0.39 is 11.9 Å². The zero-order valence-corrected chi connectivity index (χ0v) is 13.0. The van der Waals surface area contributed by atoms with Crippen molar-refractivity contribution in [2.75, 3.05) is 29.9 Å². The van der Waals surface area contributed by atoms with Crippen LogP contribution in [0, 0.1) is 6.92 Å². The Hall–Kier alpha value is -2.65. The van der Waals surface area contributed by atoms with Gasteiger partial charge >= 0.3 is 6.18 Å². The summed E-state index contributed by atoms with van der Waals surface area (Å²) in [6, 6.07) is 2.37. The third-order valence-electron chi connectivity index (χ3n) is 3.90. The van der Waals surface area contributed by atoms with E-state index in [-0.39, 0.29) is 23.2 Å². The van der Waals surface area contributed by atoms with Crippen molar-refractivity contribution in [2.24, 2.45) is 0 Å². The lowest BCUT2D eigenvalue weighted by atomic mass is 10.1. The number of H-pyrrole nitrogens is 1. The Morgan fingerprint density at radius 2 is 2.00 bits per heavy atom. The summed E-state index contributed by atoms with van der Waals surface area (Å²) in [5, 5.41) is 6.02. The van der Waals surface area contributed by atoms with E-state index >= 15 is 0 Å². The van der Waals surface area contributed by atoms with Gasteiger partial charge < -0.3 is 9.80 Å². The minimum atomic E-state index is -4.51. The van der Waals surface area contributed by atoms with Gasteiger partial charge in [-0.1, -0.05) is 0 Å². The molecule has 1 fully saturated rings. The van der Waals surface area contributed by atoms with Crippen molar-refractivity contribution in [3.05, 3.63) is 40.2 Å². The second kappa shape index (κ2) is 5.77. The quantitative estimate of drug-likeness (QED) is 0.905. The molecule has 0 amide bonds. The number of hydrogen-bond donors (Lipinski definition) is 1. The fraction of sp³-hybridized carbons (Fsp3) is 0.429. The highest BCUT2D eigenvalue weighted by Crippen LogP contribution is 2.31. The van der Waals surface area contributed by atoms with E-state index in [0.717, 1.165) is 6.07 Å². The number of anilines is 2. The van der Waals surface area contributed by atoms with Crippen molar-refractivity contribution in [1.82, 2.24) is 20.2 Å². The summed E-state index contributed by atoms with van der Waals surface area (Å²) in [4.78, 5) is 22.4. The van der Waals surface area contributed by atoms with Crippen molar-refractivity contribution in [3.8, 4) is 0 Å². The Balaban J connectivity index is 1.74. The largest absolute Gasteiger partial charge is 0.433 e. The van der Waals surface area contributed by atoms with Gasteiger partial charge in [-0.05, 0) is 6.92 Å². The van der Waals surface area contributed by atoms with E-state index in [1.54, 1.807) is 11.9 Å². The summed E-state index contributed by atoms with van der Waals surface area (Å²) in [5.74, 6) is 0.296. The Bertz CT molecular complexity index is 800. The highest BCUT2D eigenvalue weighted by atomic mass is 19.4. The molecule has 0 aliphatic carbocycles. The number of likely N-dealkylation sites (N-methyl/N-ethyl adjacent to an activating group) is 1. The number of aromatic amines is 1. The maximum absolute atomic E-state index is 12.9. The van der Waals surface area contributed by atoms with Crippen LogP contribution in [-0.2, 0) is 6.18 Å². The summed E-state index contributed by atoms with van der Waals surface area (Å²) in [6.45, 7) is 2.56. The van der Waals surface area contributed by atoms with E-state index in [2.05, 4.69) is 20.2 Å². The Morgan fingerprint density at radius 1 is 1.29 bits per heavy atom. The van der Waals surface area contributed by atoms with E-state index in [4.69, 9.17) is 0 Å². The van der Waals surface area contributed by atoms with Gasteiger partial charge in [0, 0.05) is 32.3 Å². The molecule has 10 heteroatoms. The number of aromatic nitrogens is 4. The molecule has 3 rings (SSSR count). The lowest BCUT2D eigenvalue weighted by Crippen LogP contribution is -2.59. The molecule has 1 aliphatic heterocycles. The lowest BCUT2D eigenvalue weighted by Gasteiger charge is -2.45. The van der Waals surface area contributed by atoms with Crippen molar-refractivity contribution in [2.45, 2.75) is 19.1 Å². The normalized spacial score (nSPS) is 15.3. The van der Waals surface area contributed by atoms with E-state index in [9.17, 15) is 18.0 Å². The number of aryl methyl sites for hydroxylation is 1. The molecule has 0 atom stereocenters. The van der Waals surface area contributed by atoms with E-state index in [1.165, 1.54) is 19.2 Å². The van der Waals surface area contributed by atoms with E-state index in [0.29, 0.717) is 18.8 Å². The van der Waals surface area contributed by atoms with Crippen LogP contribution >= 0.6 is 0 Å². The van der Waals surface area contributed by atoms with Crippen molar-refractivity contribution in [1.29, 1.82) is 0 Å². The second-order valence-corrected chi connectivity index (χ2v) is 5.63. The third-order valence-corrected chi connectivity index (χ3v) is 3.90. The molecule has 24 heavy (non-hydrogen) atoms. The van der Waals surface area contributed by atoms with Crippen LogP contribution in [-0.4, -0.2) is 46.3 Å². The molecule has 0 bridgehead atoms. The molecule has 0 spiro atoms. The fourth-order valence-corrected chi connectivity index (χ4v) is 2.51. The average Bonchev–Trinajstić information content (AvgIpc) is 2.44. The molecule has 2 aromatic heterocycles. The molecule has 7 nitrogen and oxygen atoms in total. The number of rotatable bonds is 3. The zero-order valence-electron chi connectivity index (χ0n) is 13.0. The summed E-state index contributed by atoms with van der Waals surface area (Å²) in [5.41, 5.74) is -0.573. The molecule has 1 aliphatic rings. The van der Waals surface area contributed by atoms with Crippen molar-refractivity contribution in [3.63, 3.8) is 0 Å². The molecule has 0 aromatic carbocycles. The SMILES string of the molecule is Cc1nc(N(C)C2CN(c3cn[nH]c(=O)c3)C2)cc(C(F)(F)F)n1. The van der Waals surface area contributed by atoms with Crippen molar-refractivity contribution < 1.29 is 13.2 Å². The van der Waals surface area contributed by atoms with Gasteiger partial charge in [0.2, 0.25) is 0 Å². The smallest absolute Gasteiger partial charge is 0.366 e. The monoisotopic (exact) mass is 340 g/mol. The maximum atomic E-state index is 12.9. The highest BCUT2D eigenvalue weighted by Gasteiger charge is 2.36. The van der Waals surface area contributed by atoms with Crippen LogP contribution in [0.15, 0.2) is 23.1 Å². The lowest BCUT2D eigenvalue weighted by molar-refractivity contribution is -0.141. The van der Waals surface area contributed by atoms with Crippen LogP contribution in [0.3, 0.4) is 0 Å². The minimum Gasteiger partial charge on any atom is -0.366 e. The molecule has 128 valence electrons. The van der Waals surface area contributed by atoms with Gasteiger partial charge in [-0.25, -0.2) is 15.1 Å². The first kappa shape index (κ1) is 16.2. The standard InChI is InChI=1S/C14H15F3N6O/c1-8-19-11(14(15,16)17)4-12(20-8)22(2)10-6-23(7-10)9-3-13(24)21-18-5-9/h3-5,10H,6-7H2,1-2H3,(H,21,24). The molecule has 3 heterocycles. The molecule has 1 saturated heterocycles.